The molecule has 2 aromatic carbocycles. The van der Waals surface area contributed by atoms with E-state index in [1.807, 2.05) is 44.2 Å². The van der Waals surface area contributed by atoms with Gasteiger partial charge < -0.3 is 10.2 Å². The van der Waals surface area contributed by atoms with Gasteiger partial charge in [0.25, 0.3) is 0 Å². The summed E-state index contributed by atoms with van der Waals surface area (Å²) in [7, 11) is 0. The van der Waals surface area contributed by atoms with E-state index in [1.165, 1.54) is 0 Å². The summed E-state index contributed by atoms with van der Waals surface area (Å²) < 4.78 is 0. The van der Waals surface area contributed by atoms with Crippen LogP contribution in [-0.2, 0) is 0 Å². The molecule has 1 aliphatic carbocycles. The van der Waals surface area contributed by atoms with Gasteiger partial charge in [-0.1, -0.05) is 50.2 Å². The van der Waals surface area contributed by atoms with Crippen molar-refractivity contribution in [3.63, 3.8) is 0 Å². The summed E-state index contributed by atoms with van der Waals surface area (Å²) in [6.45, 7) is 3.98. The normalized spacial score (nSPS) is 16.5. The number of aliphatic hydroxyl groups excluding tert-OH is 1. The molecule has 3 nitrogen and oxygen atoms in total. The van der Waals surface area contributed by atoms with Crippen LogP contribution in [0, 0.1) is 0 Å². The number of benzene rings is 2. The van der Waals surface area contributed by atoms with E-state index in [9.17, 15) is 15.0 Å². The van der Waals surface area contributed by atoms with Crippen molar-refractivity contribution in [3.05, 3.63) is 76.4 Å². The van der Waals surface area contributed by atoms with E-state index in [2.05, 4.69) is 0 Å². The van der Waals surface area contributed by atoms with Crippen molar-refractivity contribution >= 4 is 11.5 Å². The van der Waals surface area contributed by atoms with Crippen molar-refractivity contribution in [2.75, 3.05) is 0 Å². The minimum atomic E-state index is -0.919. The number of hydrogen-bond acceptors (Lipinski definition) is 2. The second-order valence-corrected chi connectivity index (χ2v) is 5.84. The summed E-state index contributed by atoms with van der Waals surface area (Å²) in [4.78, 5) is 11.5. The van der Waals surface area contributed by atoms with Crippen LogP contribution in [0.4, 0.5) is 0 Å². The van der Waals surface area contributed by atoms with Crippen LogP contribution >= 0.6 is 0 Å². The predicted molar refractivity (Wildman–Crippen MR) is 86.0 cm³/mol. The van der Waals surface area contributed by atoms with Gasteiger partial charge in [0.2, 0.25) is 0 Å². The largest absolute Gasteiger partial charge is 0.478 e. The maximum atomic E-state index is 11.5. The van der Waals surface area contributed by atoms with Gasteiger partial charge in [-0.15, -0.1) is 0 Å². The fraction of sp³-hybridized carbons (Fsp3) is 0.211. The zero-order valence-electron chi connectivity index (χ0n) is 12.6. The predicted octanol–water partition coefficient (Wildman–Crippen LogP) is 3.99. The van der Waals surface area contributed by atoms with Gasteiger partial charge in [0.15, 0.2) is 0 Å². The molecule has 0 saturated carbocycles. The molecular formula is C19H18O3. The van der Waals surface area contributed by atoms with Crippen LogP contribution in [0.25, 0.3) is 5.57 Å². The molecule has 0 aromatic heterocycles. The van der Waals surface area contributed by atoms with Gasteiger partial charge in [-0.3, -0.25) is 0 Å². The van der Waals surface area contributed by atoms with Crippen molar-refractivity contribution in [2.45, 2.75) is 25.9 Å². The average molecular weight is 294 g/mol. The van der Waals surface area contributed by atoms with Gasteiger partial charge in [-0.25, -0.2) is 4.79 Å². The Morgan fingerprint density at radius 3 is 2.41 bits per heavy atom. The summed E-state index contributed by atoms with van der Waals surface area (Å²) in [5, 5.41) is 19.7. The highest BCUT2D eigenvalue weighted by Crippen LogP contribution is 2.41. The number of carboxylic acid groups (broad SMARTS) is 1. The summed E-state index contributed by atoms with van der Waals surface area (Å²) in [5.74, 6) is -0.842. The van der Waals surface area contributed by atoms with Gasteiger partial charge in [-0.05, 0) is 45.9 Å². The molecule has 0 amide bonds. The minimum Gasteiger partial charge on any atom is -0.478 e. The topological polar surface area (TPSA) is 57.5 Å². The maximum Gasteiger partial charge on any atom is 0.335 e. The van der Waals surface area contributed by atoms with E-state index in [1.54, 1.807) is 18.2 Å². The Morgan fingerprint density at radius 1 is 1.05 bits per heavy atom. The van der Waals surface area contributed by atoms with Crippen LogP contribution in [0.3, 0.4) is 0 Å². The van der Waals surface area contributed by atoms with Crippen LogP contribution in [0.1, 0.15) is 58.5 Å². The monoisotopic (exact) mass is 294 g/mol. The Hall–Kier alpha value is -2.39. The molecule has 1 aliphatic rings. The average Bonchev–Trinajstić information content (AvgIpc) is 2.84. The highest BCUT2D eigenvalue weighted by Gasteiger charge is 2.26. The van der Waals surface area contributed by atoms with E-state index in [0.717, 1.165) is 27.8 Å². The molecule has 0 bridgehead atoms. The molecule has 0 spiro atoms. The molecule has 2 aromatic rings. The molecule has 1 atom stereocenters. The van der Waals surface area contributed by atoms with E-state index in [4.69, 9.17) is 0 Å². The van der Waals surface area contributed by atoms with Crippen molar-refractivity contribution in [2.24, 2.45) is 0 Å². The van der Waals surface area contributed by atoms with Crippen molar-refractivity contribution < 1.29 is 15.0 Å². The summed E-state index contributed by atoms with van der Waals surface area (Å²) in [5.41, 5.74) is 4.78. The number of carbonyl (C=O) groups is 1. The smallest absolute Gasteiger partial charge is 0.335 e. The molecule has 3 rings (SSSR count). The molecule has 3 heteroatoms. The Bertz CT molecular complexity index is 772. The molecule has 22 heavy (non-hydrogen) atoms. The Labute approximate surface area is 129 Å². The van der Waals surface area contributed by atoms with Crippen LogP contribution in [0.2, 0.25) is 0 Å². The third-order valence-electron chi connectivity index (χ3n) is 4.10. The van der Waals surface area contributed by atoms with Gasteiger partial charge in [0.05, 0.1) is 11.7 Å². The van der Waals surface area contributed by atoms with Crippen molar-refractivity contribution in [1.82, 2.24) is 0 Å². The SMILES string of the molecule is CC(C)c1c(C(=O)O)cccc1C1=CC(O)c2ccccc21. The molecule has 112 valence electrons. The first-order chi connectivity index (χ1) is 10.5. The van der Waals surface area contributed by atoms with Crippen LogP contribution in [-0.4, -0.2) is 16.2 Å². The Kier molecular flexibility index (Phi) is 3.59. The lowest BCUT2D eigenvalue weighted by molar-refractivity contribution is 0.0695. The molecule has 0 fully saturated rings. The number of aromatic carboxylic acids is 1. The molecule has 0 aliphatic heterocycles. The van der Waals surface area contributed by atoms with Gasteiger partial charge in [0.1, 0.15) is 0 Å². The lowest BCUT2D eigenvalue weighted by Crippen LogP contribution is -2.07. The fourth-order valence-corrected chi connectivity index (χ4v) is 3.18. The Morgan fingerprint density at radius 2 is 1.73 bits per heavy atom. The van der Waals surface area contributed by atoms with E-state index >= 15 is 0 Å². The standard InChI is InChI=1S/C19H18O3/c1-11(2)18-14(8-5-9-15(18)19(21)22)16-10-17(20)13-7-4-3-6-12(13)16/h3-11,17,20H,1-2H3,(H,21,22). The first kappa shape index (κ1) is 14.5. The van der Waals surface area contributed by atoms with Crippen LogP contribution in [0.15, 0.2) is 48.5 Å². The second kappa shape index (κ2) is 5.43. The van der Waals surface area contributed by atoms with Crippen molar-refractivity contribution in [3.8, 4) is 0 Å². The summed E-state index contributed by atoms with van der Waals surface area (Å²) in [6, 6.07) is 13.0. The quantitative estimate of drug-likeness (QED) is 0.900. The van der Waals surface area contributed by atoms with E-state index in [0.29, 0.717) is 5.56 Å². The fourth-order valence-electron chi connectivity index (χ4n) is 3.18. The summed E-state index contributed by atoms with van der Waals surface area (Å²) >= 11 is 0. The highest BCUT2D eigenvalue weighted by atomic mass is 16.4. The first-order valence-corrected chi connectivity index (χ1v) is 7.36. The molecule has 0 heterocycles. The second-order valence-electron chi connectivity index (χ2n) is 5.84. The number of carboxylic acids is 1. The Balaban J connectivity index is 2.24. The molecule has 0 radical (unpaired) electrons. The van der Waals surface area contributed by atoms with Crippen LogP contribution in [0.5, 0.6) is 0 Å². The van der Waals surface area contributed by atoms with Crippen molar-refractivity contribution in [1.29, 1.82) is 0 Å². The molecular weight excluding hydrogens is 276 g/mol. The first-order valence-electron chi connectivity index (χ1n) is 7.36. The lowest BCUT2D eigenvalue weighted by atomic mass is 9.86. The van der Waals surface area contributed by atoms with Crippen LogP contribution < -0.4 is 0 Å². The number of hydrogen-bond donors (Lipinski definition) is 2. The van der Waals surface area contributed by atoms with E-state index in [-0.39, 0.29) is 5.92 Å². The van der Waals surface area contributed by atoms with Gasteiger partial charge in [0, 0.05) is 0 Å². The van der Waals surface area contributed by atoms with E-state index < -0.39 is 12.1 Å². The number of rotatable bonds is 3. The summed E-state index contributed by atoms with van der Waals surface area (Å²) in [6.07, 6.45) is 1.16. The zero-order chi connectivity index (χ0) is 15.9. The molecule has 2 N–H and O–H groups in total. The van der Waals surface area contributed by atoms with Gasteiger partial charge >= 0.3 is 5.97 Å². The number of aliphatic hydroxyl groups is 1. The molecule has 0 saturated heterocycles. The molecule has 1 unspecified atom stereocenters. The highest BCUT2D eigenvalue weighted by molar-refractivity contribution is 5.94. The zero-order valence-corrected chi connectivity index (χ0v) is 12.6. The third-order valence-corrected chi connectivity index (χ3v) is 4.10. The maximum absolute atomic E-state index is 11.5. The van der Waals surface area contributed by atoms with Gasteiger partial charge in [-0.2, -0.15) is 0 Å². The number of fused-ring (bicyclic) bond motifs is 1. The minimum absolute atomic E-state index is 0.0769. The third kappa shape index (κ3) is 2.24. The lowest BCUT2D eigenvalue weighted by Gasteiger charge is -2.17.